The lowest BCUT2D eigenvalue weighted by Crippen LogP contribution is -2.53. The third-order valence-corrected chi connectivity index (χ3v) is 5.48. The van der Waals surface area contributed by atoms with Gasteiger partial charge in [0, 0.05) is 18.5 Å². The molecule has 2 unspecified atom stereocenters. The van der Waals surface area contributed by atoms with Crippen molar-refractivity contribution in [2.24, 2.45) is 17.6 Å². The molecule has 3 rings (SSSR count). The standard InChI is InChI=1S/C19H28N2O2.ClH/c1-23-17-7-2-4-13(10-17)8-9-18(22)21-19-14-5-3-6-15(19)12-16(20)11-14;/h2,4,7,10,14-16,19H,3,5-6,8-9,11-12,20H2,1H3,(H,21,22);1H. The average molecular weight is 353 g/mol. The summed E-state index contributed by atoms with van der Waals surface area (Å²) in [6.45, 7) is 0. The van der Waals surface area contributed by atoms with Crippen molar-refractivity contribution in [1.82, 2.24) is 5.32 Å². The van der Waals surface area contributed by atoms with E-state index in [1.807, 2.05) is 24.3 Å². The summed E-state index contributed by atoms with van der Waals surface area (Å²) in [4.78, 5) is 12.4. The smallest absolute Gasteiger partial charge is 0.220 e. The third-order valence-electron chi connectivity index (χ3n) is 5.48. The maximum Gasteiger partial charge on any atom is 0.220 e. The van der Waals surface area contributed by atoms with E-state index in [4.69, 9.17) is 10.5 Å². The van der Waals surface area contributed by atoms with Crippen molar-refractivity contribution in [3.63, 3.8) is 0 Å². The first-order valence-electron chi connectivity index (χ1n) is 8.83. The Morgan fingerprint density at radius 2 is 2.00 bits per heavy atom. The van der Waals surface area contributed by atoms with Crippen LogP contribution in [0.5, 0.6) is 5.75 Å². The fraction of sp³-hybridized carbons (Fsp3) is 0.632. The fourth-order valence-corrected chi connectivity index (χ4v) is 4.37. The lowest BCUT2D eigenvalue weighted by molar-refractivity contribution is -0.123. The second kappa shape index (κ2) is 8.72. The van der Waals surface area contributed by atoms with Crippen molar-refractivity contribution >= 4 is 18.3 Å². The molecular formula is C19H29ClN2O2. The SMILES string of the molecule is COc1cccc(CCC(=O)NC2C3CCCC2CC(N)C3)c1.Cl. The maximum atomic E-state index is 12.4. The minimum atomic E-state index is 0. The molecule has 134 valence electrons. The first kappa shape index (κ1) is 19.1. The van der Waals surface area contributed by atoms with Gasteiger partial charge in [-0.15, -0.1) is 12.4 Å². The number of fused-ring (bicyclic) bond motifs is 2. The van der Waals surface area contributed by atoms with E-state index < -0.39 is 0 Å². The third kappa shape index (κ3) is 4.64. The molecule has 2 fully saturated rings. The van der Waals surface area contributed by atoms with Gasteiger partial charge in [-0.05, 0) is 61.6 Å². The number of nitrogens with two attached hydrogens (primary N) is 1. The van der Waals surface area contributed by atoms with Gasteiger partial charge in [-0.1, -0.05) is 18.6 Å². The number of methoxy groups -OCH3 is 1. The van der Waals surface area contributed by atoms with E-state index in [9.17, 15) is 4.79 Å². The molecule has 24 heavy (non-hydrogen) atoms. The van der Waals surface area contributed by atoms with Gasteiger partial charge in [0.05, 0.1) is 7.11 Å². The van der Waals surface area contributed by atoms with Crippen LogP contribution in [0.15, 0.2) is 24.3 Å². The normalized spacial score (nSPS) is 28.6. The summed E-state index contributed by atoms with van der Waals surface area (Å²) in [5, 5.41) is 3.31. The lowest BCUT2D eigenvalue weighted by atomic mass is 9.67. The van der Waals surface area contributed by atoms with Crippen LogP contribution in [-0.2, 0) is 11.2 Å². The summed E-state index contributed by atoms with van der Waals surface area (Å²) >= 11 is 0. The molecule has 1 aromatic carbocycles. The highest BCUT2D eigenvalue weighted by atomic mass is 35.5. The number of benzene rings is 1. The van der Waals surface area contributed by atoms with Crippen LogP contribution in [0.25, 0.3) is 0 Å². The quantitative estimate of drug-likeness (QED) is 0.855. The molecule has 2 bridgehead atoms. The van der Waals surface area contributed by atoms with Crippen LogP contribution in [0.4, 0.5) is 0 Å². The lowest BCUT2D eigenvalue weighted by Gasteiger charge is -2.45. The zero-order valence-electron chi connectivity index (χ0n) is 14.4. The van der Waals surface area contributed by atoms with Gasteiger partial charge < -0.3 is 15.8 Å². The first-order chi connectivity index (χ1) is 11.2. The number of amides is 1. The molecule has 0 radical (unpaired) electrons. The number of ether oxygens (including phenoxy) is 1. The highest BCUT2D eigenvalue weighted by Gasteiger charge is 2.39. The van der Waals surface area contributed by atoms with Gasteiger partial charge in [0.2, 0.25) is 5.91 Å². The number of nitrogens with one attached hydrogen (secondary N) is 1. The Morgan fingerprint density at radius 3 is 2.67 bits per heavy atom. The van der Waals surface area contributed by atoms with E-state index >= 15 is 0 Å². The molecule has 1 amide bonds. The van der Waals surface area contributed by atoms with Gasteiger partial charge in [-0.3, -0.25) is 4.79 Å². The zero-order chi connectivity index (χ0) is 16.2. The van der Waals surface area contributed by atoms with Gasteiger partial charge in [0.15, 0.2) is 0 Å². The molecule has 2 saturated carbocycles. The van der Waals surface area contributed by atoms with Gasteiger partial charge in [0.25, 0.3) is 0 Å². The summed E-state index contributed by atoms with van der Waals surface area (Å²) in [6, 6.07) is 8.62. The summed E-state index contributed by atoms with van der Waals surface area (Å²) in [5.74, 6) is 2.18. The summed E-state index contributed by atoms with van der Waals surface area (Å²) < 4.78 is 5.23. The number of carbonyl (C=O) groups is 1. The number of hydrogen-bond donors (Lipinski definition) is 2. The second-order valence-electron chi connectivity index (χ2n) is 7.13. The molecule has 2 aliphatic rings. The molecule has 5 heteroatoms. The summed E-state index contributed by atoms with van der Waals surface area (Å²) in [7, 11) is 1.67. The minimum Gasteiger partial charge on any atom is -0.497 e. The number of aryl methyl sites for hydroxylation is 1. The molecule has 0 aromatic heterocycles. The van der Waals surface area contributed by atoms with Crippen LogP contribution < -0.4 is 15.8 Å². The molecule has 3 N–H and O–H groups in total. The Morgan fingerprint density at radius 1 is 1.29 bits per heavy atom. The molecule has 2 aliphatic carbocycles. The Kier molecular flexibility index (Phi) is 6.93. The van der Waals surface area contributed by atoms with Crippen molar-refractivity contribution in [1.29, 1.82) is 0 Å². The molecule has 1 aromatic rings. The fourth-order valence-electron chi connectivity index (χ4n) is 4.37. The molecule has 0 saturated heterocycles. The number of rotatable bonds is 5. The Hall–Kier alpha value is -1.26. The summed E-state index contributed by atoms with van der Waals surface area (Å²) in [6.07, 6.45) is 7.14. The number of halogens is 1. The zero-order valence-corrected chi connectivity index (χ0v) is 15.2. The Bertz CT molecular complexity index is 538. The van der Waals surface area contributed by atoms with Crippen LogP contribution in [0.2, 0.25) is 0 Å². The van der Waals surface area contributed by atoms with Crippen molar-refractivity contribution in [3.05, 3.63) is 29.8 Å². The topological polar surface area (TPSA) is 64.3 Å². The maximum absolute atomic E-state index is 12.4. The highest BCUT2D eigenvalue weighted by Crippen LogP contribution is 2.39. The van der Waals surface area contributed by atoms with Gasteiger partial charge in [-0.2, -0.15) is 0 Å². The van der Waals surface area contributed by atoms with Crippen molar-refractivity contribution in [3.8, 4) is 5.75 Å². The van der Waals surface area contributed by atoms with E-state index in [2.05, 4.69) is 5.32 Å². The first-order valence-corrected chi connectivity index (χ1v) is 8.83. The Labute approximate surface area is 150 Å². The van der Waals surface area contributed by atoms with Crippen LogP contribution in [-0.4, -0.2) is 25.1 Å². The van der Waals surface area contributed by atoms with Gasteiger partial charge in [0.1, 0.15) is 5.75 Å². The minimum absolute atomic E-state index is 0. The number of hydrogen-bond acceptors (Lipinski definition) is 3. The predicted molar refractivity (Wildman–Crippen MR) is 98.5 cm³/mol. The largest absolute Gasteiger partial charge is 0.497 e. The van der Waals surface area contributed by atoms with Crippen LogP contribution >= 0.6 is 12.4 Å². The molecule has 0 heterocycles. The van der Waals surface area contributed by atoms with E-state index in [1.165, 1.54) is 19.3 Å². The molecule has 2 atom stereocenters. The average Bonchev–Trinajstić information content (AvgIpc) is 2.54. The van der Waals surface area contributed by atoms with Crippen molar-refractivity contribution in [2.75, 3.05) is 7.11 Å². The number of carbonyl (C=O) groups excluding carboxylic acids is 1. The summed E-state index contributed by atoms with van der Waals surface area (Å²) in [5.41, 5.74) is 7.30. The van der Waals surface area contributed by atoms with Crippen molar-refractivity contribution < 1.29 is 9.53 Å². The predicted octanol–water partition coefficient (Wildman–Crippen LogP) is 3.07. The van der Waals surface area contributed by atoms with Crippen LogP contribution in [0.1, 0.15) is 44.1 Å². The molecule has 0 aliphatic heterocycles. The molecular weight excluding hydrogens is 324 g/mol. The van der Waals surface area contributed by atoms with Gasteiger partial charge >= 0.3 is 0 Å². The van der Waals surface area contributed by atoms with Crippen LogP contribution in [0.3, 0.4) is 0 Å². The monoisotopic (exact) mass is 352 g/mol. The Balaban J connectivity index is 0.00000208. The van der Waals surface area contributed by atoms with E-state index in [0.29, 0.717) is 30.3 Å². The van der Waals surface area contributed by atoms with E-state index in [0.717, 1.165) is 30.6 Å². The highest BCUT2D eigenvalue weighted by molar-refractivity contribution is 5.85. The molecule has 0 spiro atoms. The van der Waals surface area contributed by atoms with E-state index in [-0.39, 0.29) is 18.3 Å². The van der Waals surface area contributed by atoms with E-state index in [1.54, 1.807) is 7.11 Å². The molecule has 4 nitrogen and oxygen atoms in total. The van der Waals surface area contributed by atoms with Crippen molar-refractivity contribution in [2.45, 2.75) is 57.0 Å². The second-order valence-corrected chi connectivity index (χ2v) is 7.13. The van der Waals surface area contributed by atoms with Crippen LogP contribution in [0, 0.1) is 11.8 Å². The van der Waals surface area contributed by atoms with Gasteiger partial charge in [-0.25, -0.2) is 0 Å².